The van der Waals surface area contributed by atoms with Gasteiger partial charge < -0.3 is 9.47 Å². The van der Waals surface area contributed by atoms with Crippen LogP contribution in [-0.2, 0) is 20.7 Å². The summed E-state index contributed by atoms with van der Waals surface area (Å²) < 4.78 is 10.5. The Kier molecular flexibility index (Phi) is 5.33. The van der Waals surface area contributed by atoms with Crippen LogP contribution in [0.1, 0.15) is 51.9 Å². The minimum atomic E-state index is -0.315. The maximum Gasteiger partial charge on any atom is 0.302 e. The van der Waals surface area contributed by atoms with E-state index in [0.717, 1.165) is 33.7 Å². The largest absolute Gasteiger partial charge is 0.463 e. The first-order chi connectivity index (χ1) is 13.5. The Bertz CT molecular complexity index is 959. The van der Waals surface area contributed by atoms with Crippen molar-refractivity contribution in [3.8, 4) is 0 Å². The molecule has 28 heavy (non-hydrogen) atoms. The lowest BCUT2D eigenvalue weighted by atomic mass is 9.96. The number of hydrogen-bond donors (Lipinski definition) is 0. The van der Waals surface area contributed by atoms with Gasteiger partial charge in [0.15, 0.2) is 5.78 Å². The summed E-state index contributed by atoms with van der Waals surface area (Å²) in [6.45, 7) is 2.41. The van der Waals surface area contributed by atoms with E-state index in [0.29, 0.717) is 19.6 Å². The van der Waals surface area contributed by atoms with Crippen LogP contribution in [0.3, 0.4) is 0 Å². The fourth-order valence-electron chi connectivity index (χ4n) is 3.90. The van der Waals surface area contributed by atoms with Gasteiger partial charge in [-0.1, -0.05) is 35.9 Å². The van der Waals surface area contributed by atoms with Gasteiger partial charge in [0.1, 0.15) is 6.61 Å². The van der Waals surface area contributed by atoms with E-state index >= 15 is 0 Å². The van der Waals surface area contributed by atoms with Crippen LogP contribution >= 0.6 is 11.6 Å². The Morgan fingerprint density at radius 3 is 2.71 bits per heavy atom. The summed E-state index contributed by atoms with van der Waals surface area (Å²) in [6.07, 6.45) is 3.48. The molecule has 0 aliphatic heterocycles. The molecule has 0 heterocycles. The van der Waals surface area contributed by atoms with Gasteiger partial charge in [-0.25, -0.2) is 0 Å². The second-order valence-corrected chi connectivity index (χ2v) is 7.67. The molecule has 144 valence electrons. The van der Waals surface area contributed by atoms with Gasteiger partial charge in [-0.2, -0.15) is 0 Å². The zero-order chi connectivity index (χ0) is 19.7. The van der Waals surface area contributed by atoms with Gasteiger partial charge in [0, 0.05) is 29.8 Å². The topological polar surface area (TPSA) is 52.6 Å². The van der Waals surface area contributed by atoms with E-state index in [2.05, 4.69) is 12.1 Å². The van der Waals surface area contributed by atoms with Gasteiger partial charge in [0.25, 0.3) is 0 Å². The molecule has 0 saturated heterocycles. The Hall–Kier alpha value is -2.43. The molecule has 0 fully saturated rings. The smallest absolute Gasteiger partial charge is 0.302 e. The second-order valence-electron chi connectivity index (χ2n) is 7.23. The predicted molar refractivity (Wildman–Crippen MR) is 109 cm³/mol. The fourth-order valence-corrected chi connectivity index (χ4v) is 4.03. The van der Waals surface area contributed by atoms with Crippen molar-refractivity contribution in [1.29, 1.82) is 0 Å². The first-order valence-corrected chi connectivity index (χ1v) is 9.76. The number of Topliss-reactive ketones (excluding diaryl/α,β-unsaturated/α-hetero) is 1. The lowest BCUT2D eigenvalue weighted by Crippen LogP contribution is -2.11. The molecule has 0 N–H and O–H groups in total. The van der Waals surface area contributed by atoms with Gasteiger partial charge in [-0.05, 0) is 52.4 Å². The molecule has 0 amide bonds. The van der Waals surface area contributed by atoms with Crippen LogP contribution in [0.4, 0.5) is 0 Å². The number of carbonyl (C=O) groups is 2. The van der Waals surface area contributed by atoms with Crippen LogP contribution in [-0.4, -0.2) is 31.6 Å². The molecule has 5 heteroatoms. The summed E-state index contributed by atoms with van der Waals surface area (Å²) in [6, 6.07) is 12.0. The quantitative estimate of drug-likeness (QED) is 0.525. The number of carbonyl (C=O) groups excluding carboxylic acids is 2. The van der Waals surface area contributed by atoms with Crippen LogP contribution < -0.4 is 0 Å². The molecular formula is C23H21ClO4. The maximum absolute atomic E-state index is 12.5. The molecule has 2 aliphatic carbocycles. The van der Waals surface area contributed by atoms with E-state index in [1.165, 1.54) is 18.1 Å². The van der Waals surface area contributed by atoms with Crippen LogP contribution in [0.25, 0.3) is 11.6 Å². The van der Waals surface area contributed by atoms with Crippen molar-refractivity contribution in [2.45, 2.75) is 25.7 Å². The summed E-state index contributed by atoms with van der Waals surface area (Å²) in [5.74, 6) is -0.0889. The van der Waals surface area contributed by atoms with Gasteiger partial charge in [0.2, 0.25) is 0 Å². The number of rotatable bonds is 6. The van der Waals surface area contributed by atoms with Crippen molar-refractivity contribution >= 4 is 35.0 Å². The van der Waals surface area contributed by atoms with Gasteiger partial charge in [-0.15, -0.1) is 0 Å². The van der Waals surface area contributed by atoms with Crippen molar-refractivity contribution < 1.29 is 19.1 Å². The van der Waals surface area contributed by atoms with Crippen molar-refractivity contribution in [2.24, 2.45) is 0 Å². The van der Waals surface area contributed by atoms with Crippen LogP contribution in [0.15, 0.2) is 36.4 Å². The summed E-state index contributed by atoms with van der Waals surface area (Å²) in [7, 11) is 0. The zero-order valence-electron chi connectivity index (χ0n) is 15.7. The standard InChI is InChI=1S/C23H21ClO4/c1-14(25)28-7-6-27-13-19-12-23(26)22-11-18-9-16(8-17(18)10-21(19)22)15-2-4-20(24)5-3-15/h2-5,9-11,19H,6-8,12-13H2,1H3. The molecule has 2 aromatic rings. The number of ether oxygens (including phenoxy) is 2. The van der Waals surface area contributed by atoms with E-state index in [1.807, 2.05) is 30.3 Å². The molecule has 4 rings (SSSR count). The average molecular weight is 397 g/mol. The van der Waals surface area contributed by atoms with Gasteiger partial charge >= 0.3 is 5.97 Å². The first kappa shape index (κ1) is 18.9. The van der Waals surface area contributed by atoms with Crippen LogP contribution in [0.2, 0.25) is 5.02 Å². The lowest BCUT2D eigenvalue weighted by molar-refractivity contribution is -0.142. The Morgan fingerprint density at radius 1 is 1.18 bits per heavy atom. The van der Waals surface area contributed by atoms with Crippen molar-refractivity contribution in [3.63, 3.8) is 0 Å². The third-order valence-corrected chi connectivity index (χ3v) is 5.51. The van der Waals surface area contributed by atoms with Crippen molar-refractivity contribution in [3.05, 3.63) is 69.2 Å². The number of halogens is 1. The molecule has 2 aromatic carbocycles. The highest BCUT2D eigenvalue weighted by atomic mass is 35.5. The predicted octanol–water partition coefficient (Wildman–Crippen LogP) is 4.69. The molecule has 0 aromatic heterocycles. The lowest BCUT2D eigenvalue weighted by Gasteiger charge is -2.13. The van der Waals surface area contributed by atoms with Gasteiger partial charge in [0.05, 0.1) is 13.2 Å². The number of esters is 1. The normalized spacial score (nSPS) is 17.3. The molecule has 1 unspecified atom stereocenters. The summed E-state index contributed by atoms with van der Waals surface area (Å²) >= 11 is 5.99. The highest BCUT2D eigenvalue weighted by Crippen LogP contribution is 2.40. The van der Waals surface area contributed by atoms with E-state index < -0.39 is 0 Å². The van der Waals surface area contributed by atoms with E-state index in [1.54, 1.807) is 0 Å². The van der Waals surface area contributed by atoms with E-state index in [-0.39, 0.29) is 24.3 Å². The Morgan fingerprint density at radius 2 is 1.96 bits per heavy atom. The third kappa shape index (κ3) is 3.89. The average Bonchev–Trinajstić information content (AvgIpc) is 3.21. The molecule has 0 spiro atoms. The molecule has 0 saturated carbocycles. The van der Waals surface area contributed by atoms with Crippen LogP contribution in [0, 0.1) is 0 Å². The molecular weight excluding hydrogens is 376 g/mol. The molecule has 0 radical (unpaired) electrons. The number of benzene rings is 2. The minimum absolute atomic E-state index is 0.0599. The SMILES string of the molecule is CC(=O)OCCOCC1CC(=O)c2cc3c(cc21)CC(c1ccc(Cl)cc1)=C3. The first-order valence-electron chi connectivity index (χ1n) is 9.39. The third-order valence-electron chi connectivity index (χ3n) is 5.26. The second kappa shape index (κ2) is 7.90. The van der Waals surface area contributed by atoms with Crippen LogP contribution in [0.5, 0.6) is 0 Å². The number of ketones is 1. The highest BCUT2D eigenvalue weighted by Gasteiger charge is 2.31. The Labute approximate surface area is 169 Å². The molecule has 2 aliphatic rings. The van der Waals surface area contributed by atoms with Gasteiger partial charge in [-0.3, -0.25) is 9.59 Å². The fraction of sp³-hybridized carbons (Fsp3) is 0.304. The summed E-state index contributed by atoms with van der Waals surface area (Å²) in [5, 5.41) is 0.723. The zero-order valence-corrected chi connectivity index (χ0v) is 16.4. The van der Waals surface area contributed by atoms with E-state index in [4.69, 9.17) is 21.1 Å². The highest BCUT2D eigenvalue weighted by molar-refractivity contribution is 6.30. The Balaban J connectivity index is 1.47. The molecule has 4 nitrogen and oxygen atoms in total. The molecule has 0 bridgehead atoms. The molecule has 1 atom stereocenters. The minimum Gasteiger partial charge on any atom is -0.463 e. The summed E-state index contributed by atoms with van der Waals surface area (Å²) in [5.41, 5.74) is 6.62. The van der Waals surface area contributed by atoms with Crippen molar-refractivity contribution in [2.75, 3.05) is 19.8 Å². The monoisotopic (exact) mass is 396 g/mol. The van der Waals surface area contributed by atoms with Crippen molar-refractivity contribution in [1.82, 2.24) is 0 Å². The number of fused-ring (bicyclic) bond motifs is 2. The maximum atomic E-state index is 12.5. The van der Waals surface area contributed by atoms with E-state index in [9.17, 15) is 9.59 Å². The number of allylic oxidation sites excluding steroid dienone is 1. The summed E-state index contributed by atoms with van der Waals surface area (Å²) in [4.78, 5) is 23.3. The number of hydrogen-bond acceptors (Lipinski definition) is 4.